The predicted octanol–water partition coefficient (Wildman–Crippen LogP) is 2.38. The summed E-state index contributed by atoms with van der Waals surface area (Å²) >= 11 is 0. The maximum atomic E-state index is 9.06. The van der Waals surface area contributed by atoms with Crippen LogP contribution in [0.1, 0.15) is 16.7 Å². The van der Waals surface area contributed by atoms with Crippen LogP contribution in [0.2, 0.25) is 0 Å². The minimum Gasteiger partial charge on any atom is -0.370 e. The molecule has 1 aromatic heterocycles. The lowest BCUT2D eigenvalue weighted by atomic mass is 10.1. The molecule has 0 saturated carbocycles. The van der Waals surface area contributed by atoms with Crippen LogP contribution in [-0.2, 0) is 13.0 Å². The van der Waals surface area contributed by atoms with Crippen molar-refractivity contribution in [2.45, 2.75) is 13.0 Å². The van der Waals surface area contributed by atoms with E-state index in [1.54, 1.807) is 0 Å². The van der Waals surface area contributed by atoms with Crippen LogP contribution in [0.4, 0.5) is 0 Å². The Labute approximate surface area is 140 Å². The topological polar surface area (TPSA) is 93.1 Å². The van der Waals surface area contributed by atoms with E-state index in [0.29, 0.717) is 12.1 Å². The number of hydrogen-bond donors (Lipinski definition) is 2. The molecule has 120 valence electrons. The average molecular weight is 317 g/mol. The zero-order valence-corrected chi connectivity index (χ0v) is 13.3. The normalized spacial score (nSPS) is 10.5. The van der Waals surface area contributed by atoms with Gasteiger partial charge >= 0.3 is 0 Å². The first-order chi connectivity index (χ1) is 11.7. The van der Waals surface area contributed by atoms with E-state index in [-0.39, 0.29) is 5.96 Å². The summed E-state index contributed by atoms with van der Waals surface area (Å²) in [6.07, 6.45) is 2.93. The van der Waals surface area contributed by atoms with Crippen LogP contribution in [0.15, 0.2) is 59.7 Å². The van der Waals surface area contributed by atoms with Crippen LogP contribution in [0.5, 0.6) is 0 Å². The zero-order valence-electron chi connectivity index (χ0n) is 13.3. The number of hydrogen-bond acceptors (Lipinski definition) is 2. The molecule has 4 N–H and O–H groups in total. The number of benzene rings is 2. The average Bonchev–Trinajstić information content (AvgIpc) is 2.93. The number of nitrogens with zero attached hydrogens (tertiary/aromatic N) is 3. The summed E-state index contributed by atoms with van der Waals surface area (Å²) in [7, 11) is 0. The second-order valence-corrected chi connectivity index (χ2v) is 5.67. The molecule has 5 nitrogen and oxygen atoms in total. The van der Waals surface area contributed by atoms with Crippen molar-refractivity contribution in [3.63, 3.8) is 0 Å². The molecular weight excluding hydrogens is 298 g/mol. The number of nitrogens with two attached hydrogens (primary N) is 2. The molecule has 0 aliphatic rings. The van der Waals surface area contributed by atoms with E-state index in [1.807, 2.05) is 36.4 Å². The molecule has 5 heteroatoms. The SMILES string of the molecule is N#Cc1cccc(Cn2cc(CCN=C(N)N)c3ccccc32)c1. The molecule has 0 amide bonds. The molecule has 0 fully saturated rings. The number of aromatic nitrogens is 1. The standard InChI is InChI=1S/C19H19N5/c20-11-14-4-3-5-15(10-14)12-24-13-16(8-9-23-19(21)22)17-6-1-2-7-18(17)24/h1-7,10,13H,8-9,12H2,(H4,21,22,23). The molecule has 0 unspecified atom stereocenters. The molecule has 0 radical (unpaired) electrons. The molecule has 0 atom stereocenters. The lowest BCUT2D eigenvalue weighted by Gasteiger charge is -2.05. The Bertz CT molecular complexity index is 926. The third kappa shape index (κ3) is 3.39. The number of nitriles is 1. The summed E-state index contributed by atoms with van der Waals surface area (Å²) in [5, 5.41) is 10.3. The van der Waals surface area contributed by atoms with Gasteiger partial charge in [-0.1, -0.05) is 30.3 Å². The molecule has 0 saturated heterocycles. The molecule has 2 aromatic carbocycles. The molecule has 1 heterocycles. The summed E-state index contributed by atoms with van der Waals surface area (Å²) < 4.78 is 2.21. The van der Waals surface area contributed by atoms with E-state index in [4.69, 9.17) is 16.7 Å². The van der Waals surface area contributed by atoms with Gasteiger partial charge in [0.25, 0.3) is 0 Å². The summed E-state index contributed by atoms with van der Waals surface area (Å²) in [5.41, 5.74) is 15.0. The Kier molecular flexibility index (Phi) is 4.48. The highest BCUT2D eigenvalue weighted by Crippen LogP contribution is 2.23. The fourth-order valence-electron chi connectivity index (χ4n) is 2.89. The largest absolute Gasteiger partial charge is 0.370 e. The Hall–Kier alpha value is -3.26. The molecule has 0 bridgehead atoms. The number of aliphatic imine (C=N–C) groups is 1. The fourth-order valence-corrected chi connectivity index (χ4v) is 2.89. The van der Waals surface area contributed by atoms with E-state index in [9.17, 15) is 0 Å². The van der Waals surface area contributed by atoms with Gasteiger partial charge in [-0.25, -0.2) is 0 Å². The molecule has 3 aromatic rings. The smallest absolute Gasteiger partial charge is 0.185 e. The zero-order chi connectivity index (χ0) is 16.9. The second-order valence-electron chi connectivity index (χ2n) is 5.67. The summed E-state index contributed by atoms with van der Waals surface area (Å²) in [4.78, 5) is 4.07. The van der Waals surface area contributed by atoms with Crippen molar-refractivity contribution < 1.29 is 0 Å². The lowest BCUT2D eigenvalue weighted by Crippen LogP contribution is -2.23. The number of guanidine groups is 1. The van der Waals surface area contributed by atoms with Gasteiger partial charge in [-0.15, -0.1) is 0 Å². The van der Waals surface area contributed by atoms with E-state index in [2.05, 4.69) is 34.0 Å². The Morgan fingerprint density at radius 3 is 2.75 bits per heavy atom. The van der Waals surface area contributed by atoms with Crippen molar-refractivity contribution in [1.82, 2.24) is 4.57 Å². The highest BCUT2D eigenvalue weighted by atomic mass is 15.0. The van der Waals surface area contributed by atoms with Gasteiger partial charge in [0.2, 0.25) is 0 Å². The van der Waals surface area contributed by atoms with Crippen LogP contribution in [-0.4, -0.2) is 17.1 Å². The first kappa shape index (κ1) is 15.6. The van der Waals surface area contributed by atoms with Crippen molar-refractivity contribution in [1.29, 1.82) is 5.26 Å². The van der Waals surface area contributed by atoms with Gasteiger partial charge in [-0.3, -0.25) is 4.99 Å². The monoisotopic (exact) mass is 317 g/mol. The third-order valence-electron chi connectivity index (χ3n) is 3.96. The first-order valence-corrected chi connectivity index (χ1v) is 7.78. The molecule has 0 aliphatic carbocycles. The molecule has 0 spiro atoms. The quantitative estimate of drug-likeness (QED) is 0.559. The summed E-state index contributed by atoms with van der Waals surface area (Å²) in [6.45, 7) is 1.29. The Morgan fingerprint density at radius 1 is 1.12 bits per heavy atom. The molecular formula is C19H19N5. The maximum Gasteiger partial charge on any atom is 0.185 e. The van der Waals surface area contributed by atoms with E-state index >= 15 is 0 Å². The van der Waals surface area contributed by atoms with Crippen LogP contribution in [0.3, 0.4) is 0 Å². The van der Waals surface area contributed by atoms with Crippen LogP contribution in [0.25, 0.3) is 10.9 Å². The van der Waals surface area contributed by atoms with E-state index in [0.717, 1.165) is 18.5 Å². The summed E-state index contributed by atoms with van der Waals surface area (Å²) in [6, 6.07) is 18.2. The van der Waals surface area contributed by atoms with Crippen molar-refractivity contribution >= 4 is 16.9 Å². The predicted molar refractivity (Wildman–Crippen MR) is 96.6 cm³/mol. The van der Waals surface area contributed by atoms with Crippen LogP contribution >= 0.6 is 0 Å². The highest BCUT2D eigenvalue weighted by molar-refractivity contribution is 5.84. The van der Waals surface area contributed by atoms with Crippen molar-refractivity contribution in [2.75, 3.05) is 6.54 Å². The number of para-hydroxylation sites is 1. The number of rotatable bonds is 5. The maximum absolute atomic E-state index is 9.06. The second kappa shape index (κ2) is 6.88. The van der Waals surface area contributed by atoms with Gasteiger partial charge in [0, 0.05) is 30.2 Å². The molecule has 0 aliphatic heterocycles. The van der Waals surface area contributed by atoms with Crippen LogP contribution < -0.4 is 11.5 Å². The minimum absolute atomic E-state index is 0.118. The minimum atomic E-state index is 0.118. The van der Waals surface area contributed by atoms with Gasteiger partial charge in [-0.2, -0.15) is 5.26 Å². The fraction of sp³-hybridized carbons (Fsp3) is 0.158. The first-order valence-electron chi connectivity index (χ1n) is 7.78. The van der Waals surface area contributed by atoms with Gasteiger partial charge in [0.1, 0.15) is 0 Å². The molecule has 24 heavy (non-hydrogen) atoms. The van der Waals surface area contributed by atoms with Gasteiger partial charge in [0.05, 0.1) is 11.6 Å². The number of fused-ring (bicyclic) bond motifs is 1. The van der Waals surface area contributed by atoms with Crippen LogP contribution in [0, 0.1) is 11.3 Å². The van der Waals surface area contributed by atoms with E-state index < -0.39 is 0 Å². The van der Waals surface area contributed by atoms with Crippen molar-refractivity contribution in [3.8, 4) is 6.07 Å². The highest BCUT2D eigenvalue weighted by Gasteiger charge is 2.08. The van der Waals surface area contributed by atoms with Gasteiger partial charge < -0.3 is 16.0 Å². The van der Waals surface area contributed by atoms with E-state index in [1.165, 1.54) is 16.5 Å². The van der Waals surface area contributed by atoms with Gasteiger partial charge in [0.15, 0.2) is 5.96 Å². The third-order valence-corrected chi connectivity index (χ3v) is 3.96. The molecule has 3 rings (SSSR count). The lowest BCUT2D eigenvalue weighted by molar-refractivity contribution is 0.827. The van der Waals surface area contributed by atoms with Crippen molar-refractivity contribution in [2.24, 2.45) is 16.5 Å². The van der Waals surface area contributed by atoms with Gasteiger partial charge in [-0.05, 0) is 35.7 Å². The summed E-state index contributed by atoms with van der Waals surface area (Å²) in [5.74, 6) is 0.118. The van der Waals surface area contributed by atoms with Crippen molar-refractivity contribution in [3.05, 3.63) is 71.4 Å². The Morgan fingerprint density at radius 2 is 1.96 bits per heavy atom. The Balaban J connectivity index is 1.93.